The molecule has 0 fully saturated rings. The van der Waals surface area contributed by atoms with E-state index in [1.807, 2.05) is 24.3 Å². The zero-order valence-electron chi connectivity index (χ0n) is 27.4. The molecule has 0 spiro atoms. The van der Waals surface area contributed by atoms with E-state index in [2.05, 4.69) is 54.2 Å². The minimum Gasteiger partial charge on any atom is -0.504 e. The zero-order chi connectivity index (χ0) is 31.2. The highest BCUT2D eigenvalue weighted by Gasteiger charge is 2.34. The Kier molecular flexibility index (Phi) is 10.4. The first kappa shape index (κ1) is 34.5. The van der Waals surface area contributed by atoms with Gasteiger partial charge in [-0.2, -0.15) is 0 Å². The number of ether oxygens (including phenoxy) is 5. The normalized spacial score (nSPS) is 18.6. The Hall–Kier alpha value is -3.82. The van der Waals surface area contributed by atoms with Crippen LogP contribution < -0.4 is 23.7 Å². The number of benzene rings is 4. The average Bonchev–Trinajstić information content (AvgIpc) is 3.05. The topological polar surface area (TPSA) is 72.9 Å². The fourth-order valence-corrected chi connectivity index (χ4v) is 7.11. The third-order valence-corrected chi connectivity index (χ3v) is 9.64. The predicted molar refractivity (Wildman–Crippen MR) is 187 cm³/mol. The van der Waals surface area contributed by atoms with Crippen molar-refractivity contribution in [2.45, 2.75) is 37.8 Å². The Balaban J connectivity index is 0.00000217. The maximum Gasteiger partial charge on any atom is 0.204 e. The summed E-state index contributed by atoms with van der Waals surface area (Å²) in [5.74, 6) is 4.37. The maximum absolute atomic E-state index is 10.7. The molecule has 250 valence electrons. The fraction of sp³-hybridized carbons (Fsp3) is 0.351. The van der Waals surface area contributed by atoms with Crippen LogP contribution in [0.15, 0.2) is 60.7 Å². The molecule has 4 aliphatic rings. The Morgan fingerprint density at radius 3 is 2.02 bits per heavy atom. The predicted octanol–water partition coefficient (Wildman–Crippen LogP) is 7.70. The number of nitrogens with zero attached hydrogens (tertiary/aromatic N) is 2. The summed E-state index contributed by atoms with van der Waals surface area (Å²) >= 11 is 0. The molecule has 4 aromatic rings. The number of phenols is 1. The quantitative estimate of drug-likeness (QED) is 0.236. The highest BCUT2D eigenvalue weighted by atomic mass is 35.5. The molecule has 0 radical (unpaired) electrons. The molecular weight excluding hydrogens is 639 g/mol. The molecule has 0 aliphatic carbocycles. The van der Waals surface area contributed by atoms with Crippen molar-refractivity contribution in [2.75, 3.05) is 48.5 Å². The van der Waals surface area contributed by atoms with Gasteiger partial charge >= 0.3 is 0 Å². The maximum atomic E-state index is 10.7. The van der Waals surface area contributed by atoms with Gasteiger partial charge in [0.1, 0.15) is 5.75 Å². The molecule has 0 aromatic heterocycles. The highest BCUT2D eigenvalue weighted by molar-refractivity contribution is 5.85. The molecule has 4 heterocycles. The van der Waals surface area contributed by atoms with E-state index in [9.17, 15) is 5.11 Å². The molecule has 2 atom stereocenters. The molecule has 0 amide bonds. The largest absolute Gasteiger partial charge is 0.504 e. The summed E-state index contributed by atoms with van der Waals surface area (Å²) in [7, 11) is 9.33. The van der Waals surface area contributed by atoms with Crippen molar-refractivity contribution in [1.29, 1.82) is 0 Å². The van der Waals surface area contributed by atoms with Crippen LogP contribution in [0.25, 0.3) is 0 Å². The molecule has 47 heavy (non-hydrogen) atoms. The van der Waals surface area contributed by atoms with Crippen LogP contribution in [0.4, 0.5) is 0 Å². The number of likely N-dealkylation sites (N-methyl/N-ethyl adjacent to an activating group) is 2. The molecule has 10 heteroatoms. The molecule has 4 aromatic carbocycles. The molecule has 0 unspecified atom stereocenters. The third kappa shape index (κ3) is 6.40. The van der Waals surface area contributed by atoms with E-state index in [0.29, 0.717) is 46.7 Å². The van der Waals surface area contributed by atoms with Crippen LogP contribution in [0.3, 0.4) is 0 Å². The van der Waals surface area contributed by atoms with Crippen LogP contribution in [0.5, 0.6) is 46.0 Å². The summed E-state index contributed by atoms with van der Waals surface area (Å²) in [4.78, 5) is 4.75. The van der Waals surface area contributed by atoms with Gasteiger partial charge in [-0.15, -0.1) is 24.8 Å². The third-order valence-electron chi connectivity index (χ3n) is 9.64. The van der Waals surface area contributed by atoms with Crippen molar-refractivity contribution in [3.63, 3.8) is 0 Å². The fourth-order valence-electron chi connectivity index (χ4n) is 7.11. The standard InChI is InChI=1S/C37H40N2O6.2ClH/c1-38-14-12-24-19-32(41-3)33-21-27(24)28(38)16-22-6-9-26(10-7-22)44-31-18-23(8-11-30(31)40)17-29-35-25(13-15-39(29)2)20-34(42-4)36(43-5)37(35)45-33;;/h6-11,18-21,28-29,40H,12-17H2,1-5H3;2*1H/t28-,29+;;/m0../s1. The van der Waals surface area contributed by atoms with E-state index in [1.165, 1.54) is 16.7 Å². The minimum absolute atomic E-state index is 0. The van der Waals surface area contributed by atoms with Crippen molar-refractivity contribution >= 4 is 24.8 Å². The molecule has 4 aliphatic heterocycles. The summed E-state index contributed by atoms with van der Waals surface area (Å²) in [5.41, 5.74) is 6.93. The van der Waals surface area contributed by atoms with Gasteiger partial charge < -0.3 is 28.8 Å². The van der Waals surface area contributed by atoms with Gasteiger partial charge in [-0.25, -0.2) is 0 Å². The second kappa shape index (κ2) is 14.1. The van der Waals surface area contributed by atoms with Gasteiger partial charge in [-0.3, -0.25) is 9.80 Å². The van der Waals surface area contributed by atoms with Gasteiger partial charge in [0.05, 0.1) is 21.3 Å². The van der Waals surface area contributed by atoms with Crippen molar-refractivity contribution in [2.24, 2.45) is 0 Å². The van der Waals surface area contributed by atoms with Gasteiger partial charge in [0, 0.05) is 30.7 Å². The highest BCUT2D eigenvalue weighted by Crippen LogP contribution is 2.52. The second-order valence-electron chi connectivity index (χ2n) is 12.3. The molecule has 8 nitrogen and oxygen atoms in total. The summed E-state index contributed by atoms with van der Waals surface area (Å²) in [6.45, 7) is 1.82. The lowest BCUT2D eigenvalue weighted by Gasteiger charge is -2.37. The lowest BCUT2D eigenvalue weighted by atomic mass is 9.87. The number of fused-ring (bicyclic) bond motifs is 2. The molecule has 6 bridgehead atoms. The first-order valence-corrected chi connectivity index (χ1v) is 15.5. The van der Waals surface area contributed by atoms with Crippen LogP contribution in [0.2, 0.25) is 0 Å². The Morgan fingerprint density at radius 1 is 0.681 bits per heavy atom. The van der Waals surface area contributed by atoms with E-state index in [1.54, 1.807) is 27.4 Å². The number of phenolic OH excluding ortho intramolecular Hbond substituents is 1. The average molecular weight is 682 g/mol. The first-order chi connectivity index (χ1) is 21.9. The van der Waals surface area contributed by atoms with Gasteiger partial charge in [0.2, 0.25) is 5.75 Å². The first-order valence-electron chi connectivity index (χ1n) is 15.5. The molecule has 8 rings (SSSR count). The Labute approximate surface area is 289 Å². The van der Waals surface area contributed by atoms with E-state index in [4.69, 9.17) is 23.7 Å². The number of rotatable bonds is 3. The van der Waals surface area contributed by atoms with Crippen molar-refractivity contribution < 1.29 is 28.8 Å². The molecule has 1 N–H and O–H groups in total. The Bertz CT molecular complexity index is 1750. The lowest BCUT2D eigenvalue weighted by molar-refractivity contribution is 0.220. The molecular formula is C37H42Cl2N2O6. The number of hydrogen-bond acceptors (Lipinski definition) is 8. The SMILES string of the molecule is COc1cc2c3cc1Oc1c(OC)c(OC)cc4c1[C@@H](Cc1ccc(O)c(c1)Oc1ccc(cc1)C[C@@H]3N(C)CC2)N(C)CC4.Cl.Cl. The van der Waals surface area contributed by atoms with Gasteiger partial charge in [-0.05, 0) is 110 Å². The van der Waals surface area contributed by atoms with E-state index >= 15 is 0 Å². The number of methoxy groups -OCH3 is 3. The van der Waals surface area contributed by atoms with Crippen molar-refractivity contribution in [3.8, 4) is 46.0 Å². The minimum atomic E-state index is -0.0402. The monoisotopic (exact) mass is 680 g/mol. The van der Waals surface area contributed by atoms with E-state index < -0.39 is 0 Å². The Morgan fingerprint density at radius 2 is 1.32 bits per heavy atom. The van der Waals surface area contributed by atoms with Crippen LogP contribution in [0.1, 0.15) is 45.5 Å². The smallest absolute Gasteiger partial charge is 0.204 e. The molecule has 0 saturated carbocycles. The summed E-state index contributed by atoms with van der Waals surface area (Å²) in [5, 5.41) is 10.7. The molecule has 0 saturated heterocycles. The van der Waals surface area contributed by atoms with Crippen LogP contribution in [-0.4, -0.2) is 63.4 Å². The number of hydrogen-bond donors (Lipinski definition) is 1. The van der Waals surface area contributed by atoms with Crippen molar-refractivity contribution in [1.82, 2.24) is 9.80 Å². The van der Waals surface area contributed by atoms with Gasteiger partial charge in [0.25, 0.3) is 0 Å². The summed E-state index contributed by atoms with van der Waals surface area (Å²) in [6, 6.07) is 20.3. The van der Waals surface area contributed by atoms with E-state index in [-0.39, 0.29) is 42.6 Å². The van der Waals surface area contributed by atoms with Crippen molar-refractivity contribution in [3.05, 3.63) is 94.0 Å². The van der Waals surface area contributed by atoms with Crippen LogP contribution in [-0.2, 0) is 25.7 Å². The summed E-state index contributed by atoms with van der Waals surface area (Å²) in [6.07, 6.45) is 3.25. The van der Waals surface area contributed by atoms with Gasteiger partial charge in [-0.1, -0.05) is 18.2 Å². The lowest BCUT2D eigenvalue weighted by Crippen LogP contribution is -2.34. The van der Waals surface area contributed by atoms with Gasteiger partial charge in [0.15, 0.2) is 34.5 Å². The van der Waals surface area contributed by atoms with Crippen LogP contribution in [0, 0.1) is 0 Å². The summed E-state index contributed by atoms with van der Waals surface area (Å²) < 4.78 is 31.0. The van der Waals surface area contributed by atoms with E-state index in [0.717, 1.165) is 49.0 Å². The second-order valence-corrected chi connectivity index (χ2v) is 12.3. The number of halogens is 2. The number of aromatic hydroxyl groups is 1. The zero-order valence-corrected chi connectivity index (χ0v) is 29.0. The van der Waals surface area contributed by atoms with Crippen LogP contribution >= 0.6 is 24.8 Å².